The van der Waals surface area contributed by atoms with E-state index in [4.69, 9.17) is 4.74 Å². The number of likely N-dealkylation sites (tertiary alicyclic amines) is 1. The number of methoxy groups -OCH3 is 1. The summed E-state index contributed by atoms with van der Waals surface area (Å²) in [6.45, 7) is 3.47. The van der Waals surface area contributed by atoms with Gasteiger partial charge in [0.2, 0.25) is 5.91 Å². The van der Waals surface area contributed by atoms with Crippen molar-refractivity contribution in [2.75, 3.05) is 20.2 Å². The third kappa shape index (κ3) is 4.73. The van der Waals surface area contributed by atoms with E-state index in [0.717, 1.165) is 28.6 Å². The molecule has 0 saturated carbocycles. The lowest BCUT2D eigenvalue weighted by Gasteiger charge is -2.39. The van der Waals surface area contributed by atoms with Gasteiger partial charge in [0.25, 0.3) is 5.91 Å². The second-order valence-electron chi connectivity index (χ2n) is 7.43. The van der Waals surface area contributed by atoms with Gasteiger partial charge in [-0.05, 0) is 61.7 Å². The smallest absolute Gasteiger partial charge is 0.253 e. The number of nitrogens with one attached hydrogen (secondary N) is 1. The zero-order chi connectivity index (χ0) is 20.1. The van der Waals surface area contributed by atoms with E-state index < -0.39 is 5.41 Å². The van der Waals surface area contributed by atoms with Crippen LogP contribution < -0.4 is 10.1 Å². The van der Waals surface area contributed by atoms with Crippen molar-refractivity contribution in [3.63, 3.8) is 0 Å². The van der Waals surface area contributed by atoms with E-state index in [1.54, 1.807) is 24.1 Å². The molecular formula is C22H25BrN2O3. The van der Waals surface area contributed by atoms with E-state index in [-0.39, 0.29) is 11.8 Å². The van der Waals surface area contributed by atoms with Gasteiger partial charge in [-0.3, -0.25) is 9.59 Å². The molecule has 6 heteroatoms. The number of carbonyl (C=O) groups excluding carboxylic acids is 2. The normalized spacial score (nSPS) is 19.2. The van der Waals surface area contributed by atoms with E-state index in [9.17, 15) is 9.59 Å². The Kier molecular flexibility index (Phi) is 6.39. The van der Waals surface area contributed by atoms with Crippen LogP contribution in [0.5, 0.6) is 5.75 Å². The zero-order valence-corrected chi connectivity index (χ0v) is 17.8. The Morgan fingerprint density at radius 1 is 1.21 bits per heavy atom. The molecule has 1 atom stereocenters. The van der Waals surface area contributed by atoms with Crippen molar-refractivity contribution in [2.24, 2.45) is 5.41 Å². The molecular weight excluding hydrogens is 420 g/mol. The molecule has 2 aromatic rings. The molecule has 1 heterocycles. The van der Waals surface area contributed by atoms with E-state index in [1.165, 1.54) is 0 Å². The Morgan fingerprint density at radius 2 is 1.96 bits per heavy atom. The Balaban J connectivity index is 1.64. The molecule has 0 unspecified atom stereocenters. The van der Waals surface area contributed by atoms with Gasteiger partial charge in [-0.2, -0.15) is 0 Å². The van der Waals surface area contributed by atoms with Crippen LogP contribution in [0.2, 0.25) is 0 Å². The summed E-state index contributed by atoms with van der Waals surface area (Å²) in [6.07, 6.45) is 1.58. The Bertz CT molecular complexity index is 853. The molecule has 2 aromatic carbocycles. The maximum atomic E-state index is 12.9. The predicted octanol–water partition coefficient (Wildman–Crippen LogP) is 4.02. The molecule has 1 aliphatic heterocycles. The highest BCUT2D eigenvalue weighted by molar-refractivity contribution is 9.10. The van der Waals surface area contributed by atoms with Gasteiger partial charge in [0.1, 0.15) is 5.75 Å². The average molecular weight is 445 g/mol. The molecule has 2 amide bonds. The lowest BCUT2D eigenvalue weighted by Crippen LogP contribution is -2.51. The molecule has 3 rings (SSSR count). The summed E-state index contributed by atoms with van der Waals surface area (Å²) in [4.78, 5) is 27.5. The first-order valence-electron chi connectivity index (χ1n) is 9.37. The summed E-state index contributed by atoms with van der Waals surface area (Å²) in [5.74, 6) is 0.713. The number of amides is 2. The molecule has 148 valence electrons. The topological polar surface area (TPSA) is 58.6 Å². The first-order valence-corrected chi connectivity index (χ1v) is 10.2. The van der Waals surface area contributed by atoms with Gasteiger partial charge in [-0.25, -0.2) is 0 Å². The molecule has 1 saturated heterocycles. The van der Waals surface area contributed by atoms with Crippen molar-refractivity contribution in [3.8, 4) is 5.75 Å². The molecule has 0 aliphatic carbocycles. The van der Waals surface area contributed by atoms with Crippen molar-refractivity contribution in [1.82, 2.24) is 10.2 Å². The summed E-state index contributed by atoms with van der Waals surface area (Å²) < 4.78 is 6.16. The Morgan fingerprint density at radius 3 is 2.68 bits per heavy atom. The summed E-state index contributed by atoms with van der Waals surface area (Å²) in [5, 5.41) is 3.03. The largest absolute Gasteiger partial charge is 0.497 e. The number of piperidine rings is 1. The lowest BCUT2D eigenvalue weighted by molar-refractivity contribution is -0.132. The third-order valence-corrected chi connectivity index (χ3v) is 5.74. The number of carbonyl (C=O) groups is 2. The van der Waals surface area contributed by atoms with Crippen molar-refractivity contribution in [2.45, 2.75) is 26.3 Å². The van der Waals surface area contributed by atoms with Gasteiger partial charge < -0.3 is 15.0 Å². The third-order valence-electron chi connectivity index (χ3n) is 5.21. The van der Waals surface area contributed by atoms with Gasteiger partial charge >= 0.3 is 0 Å². The van der Waals surface area contributed by atoms with Gasteiger partial charge in [-0.1, -0.05) is 28.1 Å². The van der Waals surface area contributed by atoms with Crippen LogP contribution in [-0.2, 0) is 11.3 Å². The first-order chi connectivity index (χ1) is 13.4. The molecule has 1 fully saturated rings. The number of halogens is 1. The minimum atomic E-state index is -0.595. The number of ether oxygens (including phenoxy) is 1. The van der Waals surface area contributed by atoms with Crippen molar-refractivity contribution in [3.05, 3.63) is 64.1 Å². The van der Waals surface area contributed by atoms with Crippen LogP contribution in [0, 0.1) is 5.41 Å². The van der Waals surface area contributed by atoms with Crippen LogP contribution in [0.15, 0.2) is 53.0 Å². The first kappa shape index (κ1) is 20.4. The van der Waals surface area contributed by atoms with E-state index >= 15 is 0 Å². The average Bonchev–Trinajstić information content (AvgIpc) is 2.72. The van der Waals surface area contributed by atoms with Crippen molar-refractivity contribution < 1.29 is 14.3 Å². The van der Waals surface area contributed by atoms with Crippen LogP contribution in [0.25, 0.3) is 0 Å². The molecule has 0 radical (unpaired) electrons. The molecule has 5 nitrogen and oxygen atoms in total. The van der Waals surface area contributed by atoms with Crippen LogP contribution in [-0.4, -0.2) is 36.9 Å². The lowest BCUT2D eigenvalue weighted by atomic mass is 9.80. The van der Waals surface area contributed by atoms with Crippen LogP contribution in [0.3, 0.4) is 0 Å². The van der Waals surface area contributed by atoms with Crippen molar-refractivity contribution >= 4 is 27.7 Å². The van der Waals surface area contributed by atoms with E-state index in [0.29, 0.717) is 25.2 Å². The highest BCUT2D eigenvalue weighted by atomic mass is 79.9. The SMILES string of the molecule is COc1cccc(CNC(=O)[C@]2(C)CCCN(C(=O)c3ccc(Br)cc3)C2)c1. The number of hydrogen-bond donors (Lipinski definition) is 1. The standard InChI is InChI=1S/C22H25BrN2O3/c1-22(21(27)24-14-16-5-3-6-19(13-16)28-2)11-4-12-25(15-22)20(26)17-7-9-18(23)10-8-17/h3,5-10,13H,4,11-12,14-15H2,1-2H3,(H,24,27)/t22-/m1/s1. The van der Waals surface area contributed by atoms with Gasteiger partial charge in [-0.15, -0.1) is 0 Å². The quantitative estimate of drug-likeness (QED) is 0.757. The van der Waals surface area contributed by atoms with Crippen LogP contribution in [0.1, 0.15) is 35.7 Å². The molecule has 0 bridgehead atoms. The maximum absolute atomic E-state index is 12.9. The van der Waals surface area contributed by atoms with Crippen LogP contribution in [0.4, 0.5) is 0 Å². The Labute approximate surface area is 174 Å². The second kappa shape index (κ2) is 8.78. The predicted molar refractivity (Wildman–Crippen MR) is 112 cm³/mol. The fraction of sp³-hybridized carbons (Fsp3) is 0.364. The zero-order valence-electron chi connectivity index (χ0n) is 16.2. The fourth-order valence-corrected chi connectivity index (χ4v) is 3.82. The van der Waals surface area contributed by atoms with Gasteiger partial charge in [0.15, 0.2) is 0 Å². The Hall–Kier alpha value is -2.34. The number of nitrogens with zero attached hydrogens (tertiary/aromatic N) is 1. The number of benzene rings is 2. The minimum absolute atomic E-state index is 0.0244. The maximum Gasteiger partial charge on any atom is 0.253 e. The second-order valence-corrected chi connectivity index (χ2v) is 8.35. The summed E-state index contributed by atoms with van der Waals surface area (Å²) >= 11 is 3.39. The molecule has 1 aliphatic rings. The fourth-order valence-electron chi connectivity index (χ4n) is 3.55. The van der Waals surface area contributed by atoms with Crippen LogP contribution >= 0.6 is 15.9 Å². The van der Waals surface area contributed by atoms with E-state index in [1.807, 2.05) is 43.3 Å². The minimum Gasteiger partial charge on any atom is -0.497 e. The van der Waals surface area contributed by atoms with Gasteiger partial charge in [0.05, 0.1) is 12.5 Å². The van der Waals surface area contributed by atoms with Gasteiger partial charge in [0, 0.05) is 29.7 Å². The highest BCUT2D eigenvalue weighted by Gasteiger charge is 2.39. The summed E-state index contributed by atoms with van der Waals surface area (Å²) in [5.41, 5.74) is 1.03. The molecule has 0 spiro atoms. The summed E-state index contributed by atoms with van der Waals surface area (Å²) in [6, 6.07) is 15.0. The molecule has 28 heavy (non-hydrogen) atoms. The van der Waals surface area contributed by atoms with Crippen molar-refractivity contribution in [1.29, 1.82) is 0 Å². The number of hydrogen-bond acceptors (Lipinski definition) is 3. The number of rotatable bonds is 5. The monoisotopic (exact) mass is 444 g/mol. The van der Waals surface area contributed by atoms with E-state index in [2.05, 4.69) is 21.2 Å². The molecule has 1 N–H and O–H groups in total. The summed E-state index contributed by atoms with van der Waals surface area (Å²) in [7, 11) is 1.62. The highest BCUT2D eigenvalue weighted by Crippen LogP contribution is 2.31. The molecule has 0 aromatic heterocycles.